The first-order chi connectivity index (χ1) is 8.56. The molecule has 2 rings (SSSR count). The fraction of sp³-hybridized carbons (Fsp3) is 0.0714. The van der Waals surface area contributed by atoms with Gasteiger partial charge >= 0.3 is 0 Å². The van der Waals surface area contributed by atoms with Crippen LogP contribution in [0.25, 0.3) is 0 Å². The molecule has 0 aliphatic rings. The van der Waals surface area contributed by atoms with Crippen molar-refractivity contribution in [2.24, 2.45) is 5.73 Å². The van der Waals surface area contributed by atoms with E-state index in [1.54, 1.807) is 0 Å². The summed E-state index contributed by atoms with van der Waals surface area (Å²) in [7, 11) is 0. The van der Waals surface area contributed by atoms with E-state index in [0.717, 1.165) is 21.3 Å². The molecule has 18 heavy (non-hydrogen) atoms. The van der Waals surface area contributed by atoms with Gasteiger partial charge in [-0.05, 0) is 42.8 Å². The number of hydrogen-bond acceptors (Lipinski definition) is 2. The number of rotatable bonds is 3. The van der Waals surface area contributed by atoms with E-state index in [1.165, 1.54) is 0 Å². The molecule has 0 unspecified atom stereocenters. The molecule has 2 aromatic carbocycles. The van der Waals surface area contributed by atoms with Gasteiger partial charge in [0.25, 0.3) is 0 Å². The molecule has 0 heterocycles. The van der Waals surface area contributed by atoms with Crippen LogP contribution in [0.2, 0.25) is 0 Å². The molecule has 0 aliphatic heterocycles. The van der Waals surface area contributed by atoms with Crippen LogP contribution in [0.4, 0.5) is 0 Å². The second-order valence-electron chi connectivity index (χ2n) is 3.92. The number of ether oxygens (including phenoxy) is 1. The van der Waals surface area contributed by atoms with Gasteiger partial charge in [0.1, 0.15) is 16.5 Å². The molecule has 0 amide bonds. The van der Waals surface area contributed by atoms with E-state index in [4.69, 9.17) is 22.7 Å². The first-order valence-electron chi connectivity index (χ1n) is 5.40. The SMILES string of the molecule is Cc1cccc(Oc2ccc(Br)cc2C(N)=S)c1. The summed E-state index contributed by atoms with van der Waals surface area (Å²) in [4.78, 5) is 0.318. The first-order valence-corrected chi connectivity index (χ1v) is 6.60. The molecule has 2 N–H and O–H groups in total. The largest absolute Gasteiger partial charge is 0.457 e. The Morgan fingerprint density at radius 2 is 2.00 bits per heavy atom. The maximum Gasteiger partial charge on any atom is 0.137 e. The van der Waals surface area contributed by atoms with Crippen LogP contribution in [0, 0.1) is 6.92 Å². The fourth-order valence-electron chi connectivity index (χ4n) is 1.59. The third-order valence-corrected chi connectivity index (χ3v) is 3.14. The molecule has 0 bridgehead atoms. The Hall–Kier alpha value is -1.39. The minimum absolute atomic E-state index is 0.318. The third kappa shape index (κ3) is 3.09. The van der Waals surface area contributed by atoms with Gasteiger partial charge in [0, 0.05) is 4.47 Å². The summed E-state index contributed by atoms with van der Waals surface area (Å²) in [6, 6.07) is 13.4. The molecule has 0 saturated heterocycles. The molecule has 2 nitrogen and oxygen atoms in total. The topological polar surface area (TPSA) is 35.2 Å². The van der Waals surface area contributed by atoms with Crippen molar-refractivity contribution in [2.75, 3.05) is 0 Å². The number of hydrogen-bond donors (Lipinski definition) is 1. The van der Waals surface area contributed by atoms with E-state index >= 15 is 0 Å². The van der Waals surface area contributed by atoms with Crippen molar-refractivity contribution in [3.8, 4) is 11.5 Å². The lowest BCUT2D eigenvalue weighted by Gasteiger charge is -2.11. The summed E-state index contributed by atoms with van der Waals surface area (Å²) in [6.45, 7) is 2.02. The Balaban J connectivity index is 2.37. The van der Waals surface area contributed by atoms with Crippen molar-refractivity contribution in [3.63, 3.8) is 0 Å². The predicted molar refractivity (Wildman–Crippen MR) is 81.3 cm³/mol. The average Bonchev–Trinajstić information content (AvgIpc) is 2.31. The molecule has 2 aromatic rings. The zero-order chi connectivity index (χ0) is 13.1. The molecular weight excluding hydrogens is 310 g/mol. The maximum atomic E-state index is 5.82. The second kappa shape index (κ2) is 5.50. The van der Waals surface area contributed by atoms with Crippen LogP contribution in [-0.4, -0.2) is 4.99 Å². The van der Waals surface area contributed by atoms with Crippen LogP contribution in [-0.2, 0) is 0 Å². The van der Waals surface area contributed by atoms with Gasteiger partial charge in [0.05, 0.1) is 5.56 Å². The summed E-state index contributed by atoms with van der Waals surface area (Å²) in [5.41, 5.74) is 7.56. The van der Waals surface area contributed by atoms with Crippen LogP contribution in [0.1, 0.15) is 11.1 Å². The predicted octanol–water partition coefficient (Wildman–Crippen LogP) is 4.18. The van der Waals surface area contributed by atoms with Gasteiger partial charge in [-0.1, -0.05) is 40.3 Å². The smallest absolute Gasteiger partial charge is 0.137 e. The molecule has 0 spiro atoms. The highest BCUT2D eigenvalue weighted by Crippen LogP contribution is 2.28. The highest BCUT2D eigenvalue weighted by atomic mass is 79.9. The van der Waals surface area contributed by atoms with Crippen LogP contribution < -0.4 is 10.5 Å². The molecule has 0 atom stereocenters. The lowest BCUT2D eigenvalue weighted by molar-refractivity contribution is 0.481. The van der Waals surface area contributed by atoms with Crippen LogP contribution >= 0.6 is 28.1 Å². The molecule has 4 heteroatoms. The van der Waals surface area contributed by atoms with Crippen molar-refractivity contribution < 1.29 is 4.74 Å². The van der Waals surface area contributed by atoms with Crippen molar-refractivity contribution in [3.05, 3.63) is 58.1 Å². The summed E-state index contributed by atoms with van der Waals surface area (Å²) >= 11 is 8.42. The normalized spacial score (nSPS) is 10.1. The van der Waals surface area contributed by atoms with Gasteiger partial charge in [-0.2, -0.15) is 0 Å². The first kappa shape index (κ1) is 13.1. The van der Waals surface area contributed by atoms with Gasteiger partial charge in [0.15, 0.2) is 0 Å². The zero-order valence-corrected chi connectivity index (χ0v) is 12.2. The zero-order valence-electron chi connectivity index (χ0n) is 9.81. The number of aryl methyl sites for hydroxylation is 1. The Bertz CT molecular complexity index is 598. The molecule has 92 valence electrons. The molecule has 0 fully saturated rings. The Kier molecular flexibility index (Phi) is 3.99. The second-order valence-corrected chi connectivity index (χ2v) is 5.28. The van der Waals surface area contributed by atoms with Gasteiger partial charge < -0.3 is 10.5 Å². The summed E-state index contributed by atoms with van der Waals surface area (Å²) < 4.78 is 6.74. The van der Waals surface area contributed by atoms with Crippen molar-refractivity contribution in [1.82, 2.24) is 0 Å². The molecular formula is C14H12BrNOS. The monoisotopic (exact) mass is 321 g/mol. The van der Waals surface area contributed by atoms with Crippen LogP contribution in [0.3, 0.4) is 0 Å². The number of halogens is 1. The van der Waals surface area contributed by atoms with Crippen LogP contribution in [0.5, 0.6) is 11.5 Å². The average molecular weight is 322 g/mol. The molecule has 0 aliphatic carbocycles. The van der Waals surface area contributed by atoms with Gasteiger partial charge in [-0.25, -0.2) is 0 Å². The van der Waals surface area contributed by atoms with Crippen molar-refractivity contribution in [1.29, 1.82) is 0 Å². The minimum atomic E-state index is 0.318. The van der Waals surface area contributed by atoms with E-state index in [0.29, 0.717) is 10.7 Å². The van der Waals surface area contributed by atoms with E-state index in [-0.39, 0.29) is 0 Å². The quantitative estimate of drug-likeness (QED) is 0.861. The molecule has 0 radical (unpaired) electrons. The maximum absolute atomic E-state index is 5.82. The van der Waals surface area contributed by atoms with Gasteiger partial charge in [-0.15, -0.1) is 0 Å². The number of nitrogens with two attached hydrogens (primary N) is 1. The number of thiocarbonyl (C=S) groups is 1. The van der Waals surface area contributed by atoms with E-state index in [9.17, 15) is 0 Å². The summed E-state index contributed by atoms with van der Waals surface area (Å²) in [5, 5.41) is 0. The third-order valence-electron chi connectivity index (χ3n) is 2.42. The van der Waals surface area contributed by atoms with Gasteiger partial charge in [0.2, 0.25) is 0 Å². The lowest BCUT2D eigenvalue weighted by Crippen LogP contribution is -2.10. The lowest BCUT2D eigenvalue weighted by atomic mass is 10.2. The highest BCUT2D eigenvalue weighted by molar-refractivity contribution is 9.10. The summed E-state index contributed by atoms with van der Waals surface area (Å²) in [5.74, 6) is 1.44. The summed E-state index contributed by atoms with van der Waals surface area (Å²) in [6.07, 6.45) is 0. The number of benzene rings is 2. The Morgan fingerprint density at radius 3 is 2.67 bits per heavy atom. The van der Waals surface area contributed by atoms with E-state index in [1.807, 2.05) is 49.4 Å². The van der Waals surface area contributed by atoms with Gasteiger partial charge in [-0.3, -0.25) is 0 Å². The highest BCUT2D eigenvalue weighted by Gasteiger charge is 2.08. The molecule has 0 aromatic heterocycles. The fourth-order valence-corrected chi connectivity index (χ4v) is 2.11. The Morgan fingerprint density at radius 1 is 1.22 bits per heavy atom. The standard InChI is InChI=1S/C14H12BrNOS/c1-9-3-2-4-11(7-9)17-13-6-5-10(15)8-12(13)14(16)18/h2-8H,1H3,(H2,16,18). The Labute approximate surface area is 120 Å². The van der Waals surface area contributed by atoms with Crippen molar-refractivity contribution in [2.45, 2.75) is 6.92 Å². The van der Waals surface area contributed by atoms with E-state index < -0.39 is 0 Å². The minimum Gasteiger partial charge on any atom is -0.457 e. The molecule has 0 saturated carbocycles. The van der Waals surface area contributed by atoms with E-state index in [2.05, 4.69) is 15.9 Å². The van der Waals surface area contributed by atoms with Crippen molar-refractivity contribution >= 4 is 33.1 Å². The van der Waals surface area contributed by atoms with Crippen LogP contribution in [0.15, 0.2) is 46.9 Å².